The lowest BCUT2D eigenvalue weighted by atomic mass is 9.86. The van der Waals surface area contributed by atoms with Gasteiger partial charge in [-0.25, -0.2) is 4.79 Å². The van der Waals surface area contributed by atoms with Crippen molar-refractivity contribution in [1.29, 1.82) is 0 Å². The zero-order valence-electron chi connectivity index (χ0n) is 14.8. The number of rotatable bonds is 4. The quantitative estimate of drug-likeness (QED) is 0.835. The Labute approximate surface area is 161 Å². The number of anilines is 1. The summed E-state index contributed by atoms with van der Waals surface area (Å²) in [5.41, 5.74) is 0.609. The summed E-state index contributed by atoms with van der Waals surface area (Å²) >= 11 is 6.12. The van der Waals surface area contributed by atoms with E-state index < -0.39 is 10.8 Å². The number of carbonyl (C=O) groups is 1. The van der Waals surface area contributed by atoms with Crippen molar-refractivity contribution in [1.82, 2.24) is 4.90 Å². The third-order valence-electron chi connectivity index (χ3n) is 5.78. The molecule has 4 rings (SSSR count). The van der Waals surface area contributed by atoms with Gasteiger partial charge in [-0.15, -0.1) is 0 Å². The normalized spacial score (nSPS) is 28.3. The molecule has 142 valence electrons. The number of ether oxygens (including phenoxy) is 1. The molecular formula is C19H25ClN2O3S. The van der Waals surface area contributed by atoms with Gasteiger partial charge in [0.1, 0.15) is 5.75 Å². The second kappa shape index (κ2) is 7.77. The van der Waals surface area contributed by atoms with E-state index in [1.54, 1.807) is 17.0 Å². The number of fused-ring (bicyclic) bond motifs is 2. The van der Waals surface area contributed by atoms with E-state index in [0.29, 0.717) is 42.1 Å². The number of nitrogens with one attached hydrogen (secondary N) is 1. The van der Waals surface area contributed by atoms with Crippen LogP contribution < -0.4 is 10.1 Å². The van der Waals surface area contributed by atoms with E-state index in [-0.39, 0.29) is 16.5 Å². The van der Waals surface area contributed by atoms with E-state index in [4.69, 9.17) is 16.3 Å². The highest BCUT2D eigenvalue weighted by Crippen LogP contribution is 2.33. The molecule has 2 bridgehead atoms. The van der Waals surface area contributed by atoms with Gasteiger partial charge < -0.3 is 15.0 Å². The van der Waals surface area contributed by atoms with Crippen LogP contribution in [0.1, 0.15) is 38.5 Å². The summed E-state index contributed by atoms with van der Waals surface area (Å²) in [6.07, 6.45) is 6.49. The summed E-state index contributed by atoms with van der Waals surface area (Å²) in [6.45, 7) is 1.89. The van der Waals surface area contributed by atoms with Gasteiger partial charge in [-0.2, -0.15) is 0 Å². The molecule has 1 aromatic carbocycles. The van der Waals surface area contributed by atoms with Gasteiger partial charge >= 0.3 is 6.03 Å². The molecule has 2 heterocycles. The van der Waals surface area contributed by atoms with Crippen LogP contribution >= 0.6 is 11.6 Å². The maximum Gasteiger partial charge on any atom is 0.321 e. The fourth-order valence-corrected chi connectivity index (χ4v) is 6.03. The number of halogens is 1. The van der Waals surface area contributed by atoms with Gasteiger partial charge in [-0.05, 0) is 56.2 Å². The monoisotopic (exact) mass is 396 g/mol. The van der Waals surface area contributed by atoms with Crippen LogP contribution in [0.2, 0.25) is 5.02 Å². The minimum atomic E-state index is -0.798. The van der Waals surface area contributed by atoms with Crippen LogP contribution in [0.5, 0.6) is 5.75 Å². The molecule has 1 aliphatic carbocycles. The number of urea groups is 1. The number of hydrogen-bond donors (Lipinski definition) is 1. The summed E-state index contributed by atoms with van der Waals surface area (Å²) in [5, 5.41) is 3.89. The molecule has 0 aromatic heterocycles. The van der Waals surface area contributed by atoms with E-state index in [1.165, 1.54) is 19.3 Å². The Morgan fingerprint density at radius 2 is 2.04 bits per heavy atom. The van der Waals surface area contributed by atoms with Crippen LogP contribution in [0.25, 0.3) is 0 Å². The zero-order valence-corrected chi connectivity index (χ0v) is 16.4. The summed E-state index contributed by atoms with van der Waals surface area (Å²) in [4.78, 5) is 14.6. The maximum atomic E-state index is 12.8. The van der Waals surface area contributed by atoms with Crippen molar-refractivity contribution in [2.75, 3.05) is 25.0 Å². The molecule has 3 fully saturated rings. The minimum absolute atomic E-state index is 0.113. The van der Waals surface area contributed by atoms with E-state index in [1.807, 2.05) is 6.07 Å². The molecule has 1 saturated carbocycles. The van der Waals surface area contributed by atoms with Crippen LogP contribution in [-0.2, 0) is 10.8 Å². The number of carbonyl (C=O) groups excluding carboxylic acids is 1. The molecule has 1 aromatic rings. The first-order chi connectivity index (χ1) is 12.6. The molecule has 3 aliphatic rings. The Bertz CT molecular complexity index is 710. The summed E-state index contributed by atoms with van der Waals surface area (Å²) in [5.74, 6) is 1.28. The van der Waals surface area contributed by atoms with Gasteiger partial charge in [0.05, 0.1) is 17.5 Å². The first kappa shape index (κ1) is 18.1. The van der Waals surface area contributed by atoms with Crippen molar-refractivity contribution < 1.29 is 13.7 Å². The third kappa shape index (κ3) is 3.86. The lowest BCUT2D eigenvalue weighted by Gasteiger charge is -2.27. The molecular weight excluding hydrogens is 372 g/mol. The van der Waals surface area contributed by atoms with Gasteiger partial charge in [0.2, 0.25) is 0 Å². The number of likely N-dealkylation sites (tertiary alicyclic amines) is 1. The number of amides is 2. The molecule has 1 N–H and O–H groups in total. The highest BCUT2D eigenvalue weighted by molar-refractivity contribution is 7.86. The molecule has 7 heteroatoms. The molecule has 26 heavy (non-hydrogen) atoms. The summed E-state index contributed by atoms with van der Waals surface area (Å²) < 4.78 is 18.3. The molecule has 5 nitrogen and oxygen atoms in total. The molecule has 3 unspecified atom stereocenters. The first-order valence-corrected chi connectivity index (χ1v) is 11.1. The van der Waals surface area contributed by atoms with Crippen molar-refractivity contribution in [2.45, 2.75) is 49.0 Å². The van der Waals surface area contributed by atoms with Crippen LogP contribution in [0.3, 0.4) is 0 Å². The zero-order chi connectivity index (χ0) is 18.1. The second-order valence-corrected chi connectivity index (χ2v) is 9.99. The summed E-state index contributed by atoms with van der Waals surface area (Å²) in [7, 11) is -0.798. The van der Waals surface area contributed by atoms with Gasteiger partial charge in [0.15, 0.2) is 0 Å². The Balaban J connectivity index is 1.43. The Kier molecular flexibility index (Phi) is 5.41. The van der Waals surface area contributed by atoms with Crippen molar-refractivity contribution in [3.05, 3.63) is 23.2 Å². The van der Waals surface area contributed by atoms with Crippen molar-refractivity contribution >= 4 is 34.1 Å². The van der Waals surface area contributed by atoms with Gasteiger partial charge in [-0.1, -0.05) is 18.0 Å². The third-order valence-corrected chi connectivity index (χ3v) is 8.19. The number of benzene rings is 1. The topological polar surface area (TPSA) is 58.6 Å². The smallest absolute Gasteiger partial charge is 0.321 e. The standard InChI is InChI=1S/C19H25ClN2O3S/c20-14-4-7-18(25-12-13-2-1-3-13)17(10-14)21-19(23)22-9-8-15-5-6-16(11-22)26(15)24/h4,7,10,13,15-16H,1-3,5-6,8-9,11-12H2,(H,21,23). The fraction of sp³-hybridized carbons (Fsp3) is 0.632. The highest BCUT2D eigenvalue weighted by atomic mass is 35.5. The van der Waals surface area contributed by atoms with E-state index >= 15 is 0 Å². The predicted octanol–water partition coefficient (Wildman–Crippen LogP) is 4.04. The average Bonchev–Trinajstić information content (AvgIpc) is 2.80. The molecule has 3 atom stereocenters. The predicted molar refractivity (Wildman–Crippen MR) is 104 cm³/mol. The fourth-order valence-electron chi connectivity index (χ4n) is 3.91. The Morgan fingerprint density at radius 1 is 1.23 bits per heavy atom. The minimum Gasteiger partial charge on any atom is -0.491 e. The Hall–Kier alpha value is -1.27. The van der Waals surface area contributed by atoms with E-state index in [2.05, 4.69) is 5.32 Å². The van der Waals surface area contributed by atoms with Gasteiger partial charge in [0, 0.05) is 34.2 Å². The van der Waals surface area contributed by atoms with Crippen LogP contribution in [0.15, 0.2) is 18.2 Å². The van der Waals surface area contributed by atoms with E-state index in [9.17, 15) is 9.00 Å². The van der Waals surface area contributed by atoms with Crippen molar-refractivity contribution in [3.8, 4) is 5.75 Å². The molecule has 2 aliphatic heterocycles. The average molecular weight is 397 g/mol. The van der Waals surface area contributed by atoms with Gasteiger partial charge in [0.25, 0.3) is 0 Å². The SMILES string of the molecule is O=C(Nc1cc(Cl)ccc1OCC1CCC1)N1CCC2CCC(C1)S2=O. The van der Waals surface area contributed by atoms with Crippen LogP contribution in [0.4, 0.5) is 10.5 Å². The van der Waals surface area contributed by atoms with Crippen LogP contribution in [-0.4, -0.2) is 45.3 Å². The van der Waals surface area contributed by atoms with Crippen LogP contribution in [0, 0.1) is 5.92 Å². The lowest BCUT2D eigenvalue weighted by molar-refractivity contribution is 0.181. The maximum absolute atomic E-state index is 12.8. The molecule has 2 saturated heterocycles. The van der Waals surface area contributed by atoms with Crippen molar-refractivity contribution in [2.24, 2.45) is 5.92 Å². The molecule has 2 amide bonds. The second-order valence-electron chi connectivity index (χ2n) is 7.56. The molecule has 0 spiro atoms. The number of nitrogens with zero attached hydrogens (tertiary/aromatic N) is 1. The number of hydrogen-bond acceptors (Lipinski definition) is 3. The van der Waals surface area contributed by atoms with E-state index in [0.717, 1.165) is 19.3 Å². The van der Waals surface area contributed by atoms with Gasteiger partial charge in [-0.3, -0.25) is 4.21 Å². The van der Waals surface area contributed by atoms with Crippen molar-refractivity contribution in [3.63, 3.8) is 0 Å². The largest absolute Gasteiger partial charge is 0.491 e. The molecule has 0 radical (unpaired) electrons. The first-order valence-electron chi connectivity index (χ1n) is 9.48. The Morgan fingerprint density at radius 3 is 2.81 bits per heavy atom. The lowest BCUT2D eigenvalue weighted by Crippen LogP contribution is -2.40. The summed E-state index contributed by atoms with van der Waals surface area (Å²) in [6, 6.07) is 5.17. The highest BCUT2D eigenvalue weighted by Gasteiger charge is 2.38.